The first-order valence-corrected chi connectivity index (χ1v) is 5.50. The molecule has 80 valence electrons. The Kier molecular flexibility index (Phi) is 2.78. The Morgan fingerprint density at radius 1 is 1.40 bits per heavy atom. The van der Waals surface area contributed by atoms with E-state index in [1.807, 2.05) is 0 Å². The molecule has 0 spiro atoms. The molecule has 2 N–H and O–H groups in total. The van der Waals surface area contributed by atoms with E-state index in [1.54, 1.807) is 0 Å². The van der Waals surface area contributed by atoms with Crippen LogP contribution in [0, 0.1) is 6.92 Å². The Labute approximate surface area is 91.4 Å². The van der Waals surface area contributed by atoms with Gasteiger partial charge in [0.25, 0.3) is 0 Å². The highest BCUT2D eigenvalue weighted by molar-refractivity contribution is 5.75. The van der Waals surface area contributed by atoms with Crippen LogP contribution in [0.3, 0.4) is 0 Å². The van der Waals surface area contributed by atoms with E-state index in [0.29, 0.717) is 6.67 Å². The van der Waals surface area contributed by atoms with Gasteiger partial charge >= 0.3 is 0 Å². The average molecular weight is 202 g/mol. The minimum atomic E-state index is 0.591. The molecular weight excluding hydrogens is 184 g/mol. The maximum atomic E-state index is 5.78. The molecule has 0 atom stereocenters. The summed E-state index contributed by atoms with van der Waals surface area (Å²) in [6, 6.07) is 6.41. The number of hydrogen-bond donors (Lipinski definition) is 1. The monoisotopic (exact) mass is 202 g/mol. The quantitative estimate of drug-likeness (QED) is 0.798. The van der Waals surface area contributed by atoms with E-state index in [2.05, 4.69) is 43.0 Å². The summed E-state index contributed by atoms with van der Waals surface area (Å²) in [4.78, 5) is 2.24. The lowest BCUT2D eigenvalue weighted by molar-refractivity contribution is 0.825. The predicted molar refractivity (Wildman–Crippen MR) is 65.8 cm³/mol. The second-order valence-corrected chi connectivity index (χ2v) is 4.04. The van der Waals surface area contributed by atoms with Crippen molar-refractivity contribution in [3.8, 4) is 0 Å². The van der Waals surface area contributed by atoms with Crippen LogP contribution in [0.25, 0.3) is 6.08 Å². The van der Waals surface area contributed by atoms with Gasteiger partial charge < -0.3 is 10.6 Å². The summed E-state index contributed by atoms with van der Waals surface area (Å²) in [5, 5.41) is 0. The Morgan fingerprint density at radius 2 is 2.20 bits per heavy atom. The van der Waals surface area contributed by atoms with Crippen molar-refractivity contribution in [2.75, 3.05) is 18.1 Å². The van der Waals surface area contributed by atoms with Crippen molar-refractivity contribution in [2.45, 2.75) is 20.3 Å². The lowest BCUT2D eigenvalue weighted by Crippen LogP contribution is -2.34. The summed E-state index contributed by atoms with van der Waals surface area (Å²) in [6.45, 7) is 5.92. The number of nitrogens with zero attached hydrogens (tertiary/aromatic N) is 1. The van der Waals surface area contributed by atoms with E-state index < -0.39 is 0 Å². The van der Waals surface area contributed by atoms with Crippen molar-refractivity contribution in [1.29, 1.82) is 0 Å². The number of hydrogen-bond acceptors (Lipinski definition) is 2. The summed E-state index contributed by atoms with van der Waals surface area (Å²) in [5.74, 6) is 0. The van der Waals surface area contributed by atoms with Crippen molar-refractivity contribution in [3.63, 3.8) is 0 Å². The van der Waals surface area contributed by atoms with Crippen molar-refractivity contribution >= 4 is 11.8 Å². The third-order valence-electron chi connectivity index (χ3n) is 3.06. The fourth-order valence-electron chi connectivity index (χ4n) is 2.09. The Bertz CT molecular complexity index is 394. The van der Waals surface area contributed by atoms with Crippen molar-refractivity contribution in [3.05, 3.63) is 34.9 Å². The van der Waals surface area contributed by atoms with E-state index >= 15 is 0 Å². The fraction of sp³-hybridized carbons (Fsp3) is 0.385. The zero-order valence-electron chi connectivity index (χ0n) is 9.46. The lowest BCUT2D eigenvalue weighted by Gasteiger charge is -2.30. The molecule has 2 nitrogen and oxygen atoms in total. The highest BCUT2D eigenvalue weighted by atomic mass is 15.2. The van der Waals surface area contributed by atoms with Crippen molar-refractivity contribution in [2.24, 2.45) is 5.73 Å². The van der Waals surface area contributed by atoms with Gasteiger partial charge in [0.2, 0.25) is 0 Å². The first kappa shape index (κ1) is 10.2. The zero-order chi connectivity index (χ0) is 10.8. The molecule has 2 rings (SSSR count). The third-order valence-corrected chi connectivity index (χ3v) is 3.06. The van der Waals surface area contributed by atoms with Gasteiger partial charge in [-0.05, 0) is 25.0 Å². The van der Waals surface area contributed by atoms with E-state index in [9.17, 15) is 0 Å². The molecular formula is C13H18N2. The van der Waals surface area contributed by atoms with Gasteiger partial charge in [-0.15, -0.1) is 0 Å². The average Bonchev–Trinajstić information content (AvgIpc) is 2.28. The second-order valence-electron chi connectivity index (χ2n) is 4.04. The molecule has 1 aliphatic rings. The van der Waals surface area contributed by atoms with E-state index in [4.69, 9.17) is 5.73 Å². The van der Waals surface area contributed by atoms with E-state index in [0.717, 1.165) is 13.0 Å². The van der Waals surface area contributed by atoms with E-state index in [1.165, 1.54) is 22.4 Å². The number of fused-ring (bicyclic) bond motifs is 1. The Hall–Kier alpha value is -1.28. The van der Waals surface area contributed by atoms with Gasteiger partial charge in [-0.2, -0.15) is 0 Å². The van der Waals surface area contributed by atoms with Crippen LogP contribution >= 0.6 is 0 Å². The van der Waals surface area contributed by atoms with Gasteiger partial charge in [0.1, 0.15) is 0 Å². The zero-order valence-corrected chi connectivity index (χ0v) is 9.46. The van der Waals surface area contributed by atoms with Crippen LogP contribution in [-0.2, 0) is 0 Å². The minimum absolute atomic E-state index is 0.591. The van der Waals surface area contributed by atoms with Crippen LogP contribution in [0.5, 0.6) is 0 Å². The Balaban J connectivity index is 2.52. The van der Waals surface area contributed by atoms with Crippen LogP contribution in [0.15, 0.2) is 23.8 Å². The molecule has 15 heavy (non-hydrogen) atoms. The smallest absolute Gasteiger partial charge is 0.0660 e. The van der Waals surface area contributed by atoms with Crippen LogP contribution in [-0.4, -0.2) is 13.2 Å². The molecule has 0 aromatic heterocycles. The molecule has 0 saturated heterocycles. The van der Waals surface area contributed by atoms with Crippen LogP contribution in [0.4, 0.5) is 5.69 Å². The van der Waals surface area contributed by atoms with Crippen LogP contribution in [0.2, 0.25) is 0 Å². The van der Waals surface area contributed by atoms with Gasteiger partial charge in [-0.3, -0.25) is 0 Å². The number of aryl methyl sites for hydroxylation is 1. The normalized spacial score (nSPS) is 14.9. The number of benzene rings is 1. The number of nitrogens with two attached hydrogens (primary N) is 1. The predicted octanol–water partition coefficient (Wildman–Crippen LogP) is 2.52. The second kappa shape index (κ2) is 4.07. The molecule has 0 fully saturated rings. The largest absolute Gasteiger partial charge is 0.354 e. The lowest BCUT2D eigenvalue weighted by atomic mass is 9.97. The molecule has 2 heteroatoms. The number of rotatable bonds is 2. The molecule has 0 unspecified atom stereocenters. The third kappa shape index (κ3) is 1.77. The SMILES string of the molecule is CCC1=Cc2c(C)cccc2N(CN)C1. The molecule has 0 aliphatic carbocycles. The molecule has 1 aliphatic heterocycles. The summed E-state index contributed by atoms with van der Waals surface area (Å²) < 4.78 is 0. The van der Waals surface area contributed by atoms with Gasteiger partial charge in [0.15, 0.2) is 0 Å². The Morgan fingerprint density at radius 3 is 2.87 bits per heavy atom. The standard InChI is InChI=1S/C13H18N2/c1-3-11-7-12-10(2)5-4-6-13(12)15(8-11)9-14/h4-7H,3,8-9,14H2,1-2H3. The van der Waals surface area contributed by atoms with Crippen molar-refractivity contribution < 1.29 is 0 Å². The van der Waals surface area contributed by atoms with Crippen LogP contribution < -0.4 is 10.6 Å². The van der Waals surface area contributed by atoms with Gasteiger partial charge in [0, 0.05) is 17.8 Å². The van der Waals surface area contributed by atoms with Gasteiger partial charge in [-0.1, -0.05) is 30.7 Å². The molecule has 0 saturated carbocycles. The topological polar surface area (TPSA) is 29.3 Å². The molecule has 0 amide bonds. The maximum absolute atomic E-state index is 5.78. The molecule has 1 heterocycles. The van der Waals surface area contributed by atoms with Gasteiger partial charge in [-0.25, -0.2) is 0 Å². The molecule has 0 radical (unpaired) electrons. The summed E-state index contributed by atoms with van der Waals surface area (Å²) in [7, 11) is 0. The van der Waals surface area contributed by atoms with E-state index in [-0.39, 0.29) is 0 Å². The summed E-state index contributed by atoms with van der Waals surface area (Å²) in [6.07, 6.45) is 3.42. The molecule has 0 bridgehead atoms. The highest BCUT2D eigenvalue weighted by Gasteiger charge is 2.16. The molecule has 1 aromatic carbocycles. The fourth-order valence-corrected chi connectivity index (χ4v) is 2.09. The van der Waals surface area contributed by atoms with Gasteiger partial charge in [0.05, 0.1) is 6.67 Å². The number of anilines is 1. The highest BCUT2D eigenvalue weighted by Crippen LogP contribution is 2.31. The first-order chi connectivity index (χ1) is 7.26. The maximum Gasteiger partial charge on any atom is 0.0660 e. The first-order valence-electron chi connectivity index (χ1n) is 5.50. The minimum Gasteiger partial charge on any atom is -0.354 e. The summed E-state index contributed by atoms with van der Waals surface area (Å²) >= 11 is 0. The molecule has 1 aromatic rings. The van der Waals surface area contributed by atoms with Crippen molar-refractivity contribution in [1.82, 2.24) is 0 Å². The van der Waals surface area contributed by atoms with Crippen LogP contribution in [0.1, 0.15) is 24.5 Å². The summed E-state index contributed by atoms with van der Waals surface area (Å²) in [5.41, 5.74) is 11.2.